The van der Waals surface area contributed by atoms with Crippen LogP contribution < -0.4 is 10.2 Å². The van der Waals surface area contributed by atoms with Crippen molar-refractivity contribution in [2.24, 2.45) is 0 Å². The van der Waals surface area contributed by atoms with Crippen LogP contribution in [0, 0.1) is 0 Å². The Balaban J connectivity index is 2.30. The summed E-state index contributed by atoms with van der Waals surface area (Å²) < 4.78 is 6.32. The highest BCUT2D eigenvalue weighted by atomic mass is 16.5. The Labute approximate surface area is 172 Å². The first-order chi connectivity index (χ1) is 13.1. The molecule has 0 spiro atoms. The summed E-state index contributed by atoms with van der Waals surface area (Å²) in [5.74, 6) is 0.800. The number of amides is 1. The summed E-state index contributed by atoms with van der Waals surface area (Å²) in [5.41, 5.74) is 5.66. The zero-order chi connectivity index (χ0) is 20.9. The van der Waals surface area contributed by atoms with Crippen molar-refractivity contribution in [3.63, 3.8) is 0 Å². The summed E-state index contributed by atoms with van der Waals surface area (Å²) in [4.78, 5) is 12.8. The van der Waals surface area contributed by atoms with E-state index in [4.69, 9.17) is 4.74 Å². The molecule has 1 unspecified atom stereocenters. The number of nitrogens with zero attached hydrogens (tertiary/aromatic N) is 1. The molecule has 0 aliphatic carbocycles. The van der Waals surface area contributed by atoms with Crippen LogP contribution in [-0.2, 0) is 15.6 Å². The maximum Gasteiger partial charge on any atom is 0.275 e. The number of benzene rings is 1. The molecule has 1 aliphatic heterocycles. The minimum Gasteiger partial charge on any atom is -0.480 e. The molecule has 0 saturated carbocycles. The Kier molecular flexibility index (Phi) is 7.55. The topological polar surface area (TPSA) is 41.6 Å². The standard InChI is InChI=1S/C24H40N2O2/c1-8-20(22(27)25-26-15-11-12-16-26)28-21-14-13-18(23(4,5)9-2)17-19(21)24(6,7)10-3/h13-14,17,20H,8-12,15-16H2,1-7H3,(H,25,27). The Hall–Kier alpha value is -1.55. The van der Waals surface area contributed by atoms with Crippen LogP contribution in [0.4, 0.5) is 0 Å². The number of hydrazine groups is 1. The van der Waals surface area contributed by atoms with Crippen molar-refractivity contribution in [3.05, 3.63) is 29.3 Å². The molecule has 1 aliphatic rings. The Morgan fingerprint density at radius 1 is 1.07 bits per heavy atom. The van der Waals surface area contributed by atoms with Gasteiger partial charge in [-0.25, -0.2) is 5.01 Å². The summed E-state index contributed by atoms with van der Waals surface area (Å²) in [7, 11) is 0. The third kappa shape index (κ3) is 5.28. The third-order valence-corrected chi connectivity index (χ3v) is 6.56. The van der Waals surface area contributed by atoms with Gasteiger partial charge in [0.05, 0.1) is 0 Å². The van der Waals surface area contributed by atoms with E-state index < -0.39 is 6.10 Å². The number of hydrogen-bond donors (Lipinski definition) is 1. The van der Waals surface area contributed by atoms with Crippen LogP contribution in [0.2, 0.25) is 0 Å². The molecule has 0 aromatic heterocycles. The number of carbonyl (C=O) groups is 1. The SMILES string of the molecule is CCC(Oc1ccc(C(C)(C)CC)cc1C(C)(C)CC)C(=O)NN1CCCC1. The van der Waals surface area contributed by atoms with Crippen molar-refractivity contribution in [1.29, 1.82) is 0 Å². The van der Waals surface area contributed by atoms with Gasteiger partial charge in [0.2, 0.25) is 0 Å². The van der Waals surface area contributed by atoms with Gasteiger partial charge >= 0.3 is 0 Å². The van der Waals surface area contributed by atoms with Crippen LogP contribution in [-0.4, -0.2) is 30.1 Å². The maximum absolute atomic E-state index is 12.8. The number of nitrogens with one attached hydrogen (secondary N) is 1. The van der Waals surface area contributed by atoms with Crippen LogP contribution in [0.1, 0.15) is 91.7 Å². The number of carbonyl (C=O) groups excluding carboxylic acids is 1. The van der Waals surface area contributed by atoms with Crippen LogP contribution in [0.5, 0.6) is 5.75 Å². The van der Waals surface area contributed by atoms with E-state index in [1.165, 1.54) is 11.1 Å². The molecule has 158 valence electrons. The molecule has 1 N–H and O–H groups in total. The average Bonchev–Trinajstić information content (AvgIpc) is 3.18. The lowest BCUT2D eigenvalue weighted by molar-refractivity contribution is -0.132. The predicted octanol–water partition coefficient (Wildman–Crippen LogP) is 5.35. The molecule has 1 amide bonds. The van der Waals surface area contributed by atoms with Gasteiger partial charge in [-0.15, -0.1) is 0 Å². The van der Waals surface area contributed by atoms with Gasteiger partial charge in [0.1, 0.15) is 5.75 Å². The highest BCUT2D eigenvalue weighted by Gasteiger charge is 2.29. The highest BCUT2D eigenvalue weighted by Crippen LogP contribution is 2.39. The molecule has 2 rings (SSSR count). The van der Waals surface area contributed by atoms with Crippen LogP contribution in [0.15, 0.2) is 18.2 Å². The van der Waals surface area contributed by atoms with Gasteiger partial charge in [-0.1, -0.05) is 60.6 Å². The Morgan fingerprint density at radius 3 is 2.21 bits per heavy atom. The Bertz CT molecular complexity index is 661. The second-order valence-electron chi connectivity index (χ2n) is 9.37. The molecule has 1 aromatic rings. The molecule has 1 saturated heterocycles. The van der Waals surface area contributed by atoms with Gasteiger partial charge in [0.15, 0.2) is 6.10 Å². The fourth-order valence-electron chi connectivity index (χ4n) is 3.51. The van der Waals surface area contributed by atoms with Gasteiger partial charge in [0.25, 0.3) is 5.91 Å². The highest BCUT2D eigenvalue weighted by molar-refractivity contribution is 5.80. The largest absolute Gasteiger partial charge is 0.480 e. The zero-order valence-electron chi connectivity index (χ0n) is 19.0. The first kappa shape index (κ1) is 22.7. The second-order valence-corrected chi connectivity index (χ2v) is 9.37. The van der Waals surface area contributed by atoms with E-state index in [9.17, 15) is 4.79 Å². The van der Waals surface area contributed by atoms with Crippen molar-refractivity contribution >= 4 is 5.91 Å². The fraction of sp³-hybridized carbons (Fsp3) is 0.708. The predicted molar refractivity (Wildman–Crippen MR) is 117 cm³/mol. The van der Waals surface area contributed by atoms with Crippen molar-refractivity contribution in [2.45, 2.75) is 97.5 Å². The lowest BCUT2D eigenvalue weighted by Crippen LogP contribution is -2.47. The van der Waals surface area contributed by atoms with Gasteiger partial charge in [-0.3, -0.25) is 10.2 Å². The van der Waals surface area contributed by atoms with Crippen LogP contribution >= 0.6 is 0 Å². The zero-order valence-corrected chi connectivity index (χ0v) is 19.0. The molecule has 1 heterocycles. The van der Waals surface area contributed by atoms with E-state index in [2.05, 4.69) is 65.2 Å². The summed E-state index contributed by atoms with van der Waals surface area (Å²) in [6.07, 6.45) is 4.54. The molecule has 1 aromatic carbocycles. The first-order valence-electron chi connectivity index (χ1n) is 11.0. The van der Waals surface area contributed by atoms with Crippen molar-refractivity contribution in [2.75, 3.05) is 13.1 Å². The van der Waals surface area contributed by atoms with Crippen molar-refractivity contribution < 1.29 is 9.53 Å². The smallest absolute Gasteiger partial charge is 0.275 e. The average molecular weight is 389 g/mol. The molecule has 1 atom stereocenters. The van der Waals surface area contributed by atoms with E-state index in [1.54, 1.807) is 0 Å². The summed E-state index contributed by atoms with van der Waals surface area (Å²) in [6, 6.07) is 6.54. The summed E-state index contributed by atoms with van der Waals surface area (Å²) in [6.45, 7) is 17.4. The molecular formula is C24H40N2O2. The number of rotatable bonds is 9. The van der Waals surface area contributed by atoms with E-state index in [0.717, 1.165) is 44.5 Å². The van der Waals surface area contributed by atoms with E-state index >= 15 is 0 Å². The molecular weight excluding hydrogens is 348 g/mol. The molecule has 4 nitrogen and oxygen atoms in total. The van der Waals surface area contributed by atoms with Gasteiger partial charge < -0.3 is 4.74 Å². The minimum absolute atomic E-state index is 0.0150. The van der Waals surface area contributed by atoms with E-state index in [1.807, 2.05) is 11.9 Å². The lowest BCUT2D eigenvalue weighted by atomic mass is 9.76. The van der Waals surface area contributed by atoms with Crippen molar-refractivity contribution in [3.8, 4) is 5.75 Å². The van der Waals surface area contributed by atoms with Crippen LogP contribution in [0.25, 0.3) is 0 Å². The molecule has 28 heavy (non-hydrogen) atoms. The van der Waals surface area contributed by atoms with Gasteiger partial charge in [-0.2, -0.15) is 0 Å². The Morgan fingerprint density at radius 2 is 1.68 bits per heavy atom. The first-order valence-corrected chi connectivity index (χ1v) is 11.0. The monoisotopic (exact) mass is 388 g/mol. The minimum atomic E-state index is -0.475. The summed E-state index contributed by atoms with van der Waals surface area (Å²) in [5, 5.41) is 2.01. The van der Waals surface area contributed by atoms with E-state index in [0.29, 0.717) is 6.42 Å². The lowest BCUT2D eigenvalue weighted by Gasteiger charge is -2.31. The van der Waals surface area contributed by atoms with Gasteiger partial charge in [-0.05, 0) is 54.6 Å². The van der Waals surface area contributed by atoms with Crippen molar-refractivity contribution in [1.82, 2.24) is 10.4 Å². The summed E-state index contributed by atoms with van der Waals surface area (Å²) >= 11 is 0. The fourth-order valence-corrected chi connectivity index (χ4v) is 3.51. The number of ether oxygens (including phenoxy) is 1. The van der Waals surface area contributed by atoms with Crippen LogP contribution in [0.3, 0.4) is 0 Å². The van der Waals surface area contributed by atoms with Gasteiger partial charge in [0, 0.05) is 18.7 Å². The number of hydrogen-bond acceptors (Lipinski definition) is 3. The maximum atomic E-state index is 12.8. The van der Waals surface area contributed by atoms with E-state index in [-0.39, 0.29) is 16.7 Å². The third-order valence-electron chi connectivity index (χ3n) is 6.56. The normalized spacial score (nSPS) is 16.8. The molecule has 0 bridgehead atoms. The second kappa shape index (κ2) is 9.30. The molecule has 0 radical (unpaired) electrons. The molecule has 4 heteroatoms. The quantitative estimate of drug-likeness (QED) is 0.620. The molecule has 1 fully saturated rings.